The summed E-state index contributed by atoms with van der Waals surface area (Å²) in [6.45, 7) is 2.77. The highest BCUT2D eigenvalue weighted by Crippen LogP contribution is 2.30. The number of anilines is 2. The fraction of sp³-hybridized carbons (Fsp3) is 0.375. The maximum absolute atomic E-state index is 13.4. The number of hydrogen-bond acceptors (Lipinski definition) is 5. The maximum Gasteiger partial charge on any atom is 0.260 e. The van der Waals surface area contributed by atoms with E-state index in [-0.39, 0.29) is 24.3 Å². The van der Waals surface area contributed by atoms with Gasteiger partial charge in [-0.05, 0) is 36.4 Å². The van der Waals surface area contributed by atoms with E-state index in [2.05, 4.69) is 9.97 Å². The third-order valence-corrected chi connectivity index (χ3v) is 6.44. The molecular weight excluding hydrogens is 428 g/mol. The Morgan fingerprint density at radius 3 is 2.24 bits per heavy atom. The number of carbonyl (C=O) groups excluding carboxylic acids is 1. The molecule has 3 heterocycles. The van der Waals surface area contributed by atoms with Gasteiger partial charge in [-0.25, -0.2) is 13.8 Å². The van der Waals surface area contributed by atoms with Crippen LogP contribution in [0.5, 0.6) is 0 Å². The Balaban J connectivity index is 1.21. The quantitative estimate of drug-likeness (QED) is 0.660. The lowest BCUT2D eigenvalue weighted by molar-refractivity contribution is -0.0220. The molecule has 2 saturated heterocycles. The highest BCUT2D eigenvalue weighted by atomic mass is 19.3. The molecule has 0 radical (unpaired) electrons. The molecule has 9 heteroatoms. The SMILES string of the molecule is O=C(c1ccc(N2CCC(F)(F)CC2)cc1)N1CCN(c2nc3ccccc3c(=O)[nH]2)CC1. The first-order valence-electron chi connectivity index (χ1n) is 11.2. The molecule has 0 unspecified atom stereocenters. The minimum absolute atomic E-state index is 0.0636. The number of para-hydroxylation sites is 1. The number of nitrogens with one attached hydrogen (secondary N) is 1. The number of halogens is 2. The molecule has 0 aliphatic carbocycles. The minimum Gasteiger partial charge on any atom is -0.371 e. The predicted octanol–water partition coefficient (Wildman–Crippen LogP) is 3.12. The van der Waals surface area contributed by atoms with Gasteiger partial charge in [-0.1, -0.05) is 12.1 Å². The molecule has 2 aromatic carbocycles. The monoisotopic (exact) mass is 453 g/mol. The Bertz CT molecular complexity index is 1210. The molecule has 7 nitrogen and oxygen atoms in total. The Hall–Kier alpha value is -3.49. The maximum atomic E-state index is 13.4. The number of benzene rings is 2. The van der Waals surface area contributed by atoms with Gasteiger partial charge in [0, 0.05) is 63.4 Å². The van der Waals surface area contributed by atoms with Crippen LogP contribution in [-0.2, 0) is 0 Å². The van der Waals surface area contributed by atoms with Crippen LogP contribution in [0.3, 0.4) is 0 Å². The van der Waals surface area contributed by atoms with E-state index in [1.54, 1.807) is 29.2 Å². The van der Waals surface area contributed by atoms with E-state index in [1.165, 1.54) is 0 Å². The lowest BCUT2D eigenvalue weighted by atomic mass is 10.1. The second-order valence-corrected chi connectivity index (χ2v) is 8.58. The highest BCUT2D eigenvalue weighted by Gasteiger charge is 2.34. The second-order valence-electron chi connectivity index (χ2n) is 8.58. The number of fused-ring (bicyclic) bond motifs is 1. The lowest BCUT2D eigenvalue weighted by Crippen LogP contribution is -2.49. The standard InChI is InChI=1S/C24H25F2N5O2/c25-24(26)9-11-29(12-10-24)18-7-5-17(6-8-18)22(33)30-13-15-31(16-14-30)23-27-20-4-2-1-3-19(20)21(32)28-23/h1-8H,9-16H2,(H,27,28,32). The van der Waals surface area contributed by atoms with Crippen LogP contribution in [0.4, 0.5) is 20.4 Å². The normalized spacial score (nSPS) is 18.5. The number of rotatable bonds is 3. The van der Waals surface area contributed by atoms with E-state index >= 15 is 0 Å². The Morgan fingerprint density at radius 2 is 1.55 bits per heavy atom. The van der Waals surface area contributed by atoms with Gasteiger partial charge in [-0.3, -0.25) is 14.6 Å². The van der Waals surface area contributed by atoms with Crippen LogP contribution in [0.25, 0.3) is 10.9 Å². The van der Waals surface area contributed by atoms with Crippen molar-refractivity contribution >= 4 is 28.4 Å². The molecule has 0 atom stereocenters. The van der Waals surface area contributed by atoms with Crippen molar-refractivity contribution in [2.24, 2.45) is 0 Å². The minimum atomic E-state index is -2.58. The number of nitrogens with zero attached hydrogens (tertiary/aromatic N) is 4. The van der Waals surface area contributed by atoms with E-state index in [1.807, 2.05) is 34.1 Å². The van der Waals surface area contributed by atoms with E-state index in [4.69, 9.17) is 0 Å². The average Bonchev–Trinajstić information content (AvgIpc) is 2.84. The van der Waals surface area contributed by atoms with Crippen LogP contribution in [0, 0.1) is 0 Å². The number of piperidine rings is 1. The van der Waals surface area contributed by atoms with Gasteiger partial charge in [0.05, 0.1) is 10.9 Å². The molecule has 172 valence electrons. The molecule has 0 spiro atoms. The Kier molecular flexibility index (Phi) is 5.47. The van der Waals surface area contributed by atoms with Gasteiger partial charge in [0.1, 0.15) is 0 Å². The van der Waals surface area contributed by atoms with Crippen LogP contribution in [0.2, 0.25) is 0 Å². The number of amides is 1. The molecule has 1 aromatic heterocycles. The van der Waals surface area contributed by atoms with E-state index in [9.17, 15) is 18.4 Å². The topological polar surface area (TPSA) is 72.5 Å². The first-order chi connectivity index (χ1) is 15.9. The van der Waals surface area contributed by atoms with Crippen molar-refractivity contribution in [3.8, 4) is 0 Å². The highest BCUT2D eigenvalue weighted by molar-refractivity contribution is 5.94. The van der Waals surface area contributed by atoms with Gasteiger partial charge in [-0.2, -0.15) is 0 Å². The third kappa shape index (κ3) is 4.40. The zero-order valence-corrected chi connectivity index (χ0v) is 18.1. The zero-order valence-electron chi connectivity index (χ0n) is 18.1. The summed E-state index contributed by atoms with van der Waals surface area (Å²) in [7, 11) is 0. The van der Waals surface area contributed by atoms with Crippen molar-refractivity contribution in [3.05, 3.63) is 64.4 Å². The third-order valence-electron chi connectivity index (χ3n) is 6.44. The summed E-state index contributed by atoms with van der Waals surface area (Å²) in [5, 5.41) is 0.553. The van der Waals surface area contributed by atoms with Crippen LogP contribution in [-0.4, -0.2) is 66.0 Å². The summed E-state index contributed by atoms with van der Waals surface area (Å²) >= 11 is 0. The van der Waals surface area contributed by atoms with Gasteiger partial charge >= 0.3 is 0 Å². The molecule has 2 aliphatic rings. The molecule has 2 fully saturated rings. The van der Waals surface area contributed by atoms with Crippen LogP contribution in [0.1, 0.15) is 23.2 Å². The fourth-order valence-electron chi connectivity index (χ4n) is 4.43. The molecular formula is C24H25F2N5O2. The van der Waals surface area contributed by atoms with E-state index < -0.39 is 5.92 Å². The summed E-state index contributed by atoms with van der Waals surface area (Å²) in [4.78, 5) is 38.4. The first-order valence-corrected chi connectivity index (χ1v) is 11.2. The Labute approximate surface area is 189 Å². The fourth-order valence-corrected chi connectivity index (χ4v) is 4.43. The van der Waals surface area contributed by atoms with Crippen molar-refractivity contribution in [2.75, 3.05) is 49.1 Å². The number of carbonyl (C=O) groups is 1. The van der Waals surface area contributed by atoms with Gasteiger partial charge < -0.3 is 14.7 Å². The number of hydrogen-bond donors (Lipinski definition) is 1. The van der Waals surface area contributed by atoms with Gasteiger partial charge in [0.2, 0.25) is 5.95 Å². The van der Waals surface area contributed by atoms with Crippen molar-refractivity contribution in [2.45, 2.75) is 18.8 Å². The summed E-state index contributed by atoms with van der Waals surface area (Å²) in [6, 6.07) is 14.4. The van der Waals surface area contributed by atoms with Crippen LogP contribution in [0.15, 0.2) is 53.3 Å². The van der Waals surface area contributed by atoms with E-state index in [0.717, 1.165) is 5.69 Å². The molecule has 2 aliphatic heterocycles. The van der Waals surface area contributed by atoms with Crippen molar-refractivity contribution in [3.63, 3.8) is 0 Å². The molecule has 0 bridgehead atoms. The van der Waals surface area contributed by atoms with Crippen LogP contribution >= 0.6 is 0 Å². The molecule has 0 saturated carbocycles. The largest absolute Gasteiger partial charge is 0.371 e. The number of H-pyrrole nitrogens is 1. The molecule has 1 amide bonds. The van der Waals surface area contributed by atoms with Gasteiger partial charge in [0.15, 0.2) is 0 Å². The predicted molar refractivity (Wildman–Crippen MR) is 123 cm³/mol. The number of aromatic nitrogens is 2. The summed E-state index contributed by atoms with van der Waals surface area (Å²) in [5.41, 5.74) is 1.91. The summed E-state index contributed by atoms with van der Waals surface area (Å²) in [5.74, 6) is -2.13. The summed E-state index contributed by atoms with van der Waals surface area (Å²) < 4.78 is 26.8. The van der Waals surface area contributed by atoms with Crippen molar-refractivity contribution in [1.29, 1.82) is 0 Å². The van der Waals surface area contributed by atoms with Gasteiger partial charge in [-0.15, -0.1) is 0 Å². The second kappa shape index (κ2) is 8.46. The van der Waals surface area contributed by atoms with E-state index in [0.29, 0.717) is 61.7 Å². The van der Waals surface area contributed by atoms with Gasteiger partial charge in [0.25, 0.3) is 17.4 Å². The lowest BCUT2D eigenvalue weighted by Gasteiger charge is -2.35. The Morgan fingerprint density at radius 1 is 0.879 bits per heavy atom. The number of piperazine rings is 1. The first kappa shape index (κ1) is 21.4. The smallest absolute Gasteiger partial charge is 0.260 e. The number of aromatic amines is 1. The van der Waals surface area contributed by atoms with Crippen LogP contribution < -0.4 is 15.4 Å². The average molecular weight is 453 g/mol. The molecule has 5 rings (SSSR count). The summed E-state index contributed by atoms with van der Waals surface area (Å²) in [6.07, 6.45) is -0.287. The zero-order chi connectivity index (χ0) is 23.0. The number of alkyl halides is 2. The molecule has 1 N–H and O–H groups in total. The van der Waals surface area contributed by atoms with Crippen molar-refractivity contribution in [1.82, 2.24) is 14.9 Å². The van der Waals surface area contributed by atoms with Crippen molar-refractivity contribution < 1.29 is 13.6 Å². The molecule has 33 heavy (non-hydrogen) atoms. The molecule has 3 aromatic rings.